The molecule has 2 aromatic heterocycles. The SMILES string of the molecule is ClCc1nc2cncc(Cl)c2n1C1CCCCCC1. The molecule has 0 atom stereocenters. The zero-order chi connectivity index (χ0) is 13.2. The Labute approximate surface area is 122 Å². The Bertz CT molecular complexity index is 571. The van der Waals surface area contributed by atoms with Crippen LogP contribution in [0.5, 0.6) is 0 Å². The summed E-state index contributed by atoms with van der Waals surface area (Å²) in [4.78, 5) is 8.70. The first-order chi connectivity index (χ1) is 9.31. The van der Waals surface area contributed by atoms with Gasteiger partial charge in [-0.05, 0) is 12.8 Å². The summed E-state index contributed by atoms with van der Waals surface area (Å²) in [6.07, 6.45) is 11.0. The molecule has 5 heteroatoms. The molecule has 1 fully saturated rings. The largest absolute Gasteiger partial charge is 0.323 e. The summed E-state index contributed by atoms with van der Waals surface area (Å²) in [5.41, 5.74) is 1.85. The molecule has 102 valence electrons. The second-order valence-corrected chi connectivity index (χ2v) is 5.84. The predicted octanol–water partition coefficient (Wildman–Crippen LogP) is 4.72. The first kappa shape index (κ1) is 13.2. The second kappa shape index (κ2) is 5.68. The minimum Gasteiger partial charge on any atom is -0.323 e. The fraction of sp³-hybridized carbons (Fsp3) is 0.571. The van der Waals surface area contributed by atoms with E-state index in [1.54, 1.807) is 12.4 Å². The van der Waals surface area contributed by atoms with E-state index in [1.165, 1.54) is 38.5 Å². The Balaban J connectivity index is 2.14. The summed E-state index contributed by atoms with van der Waals surface area (Å²) in [6, 6.07) is 0.473. The molecule has 0 radical (unpaired) electrons. The minimum absolute atomic E-state index is 0.418. The number of halogens is 2. The van der Waals surface area contributed by atoms with Gasteiger partial charge < -0.3 is 4.57 Å². The van der Waals surface area contributed by atoms with E-state index in [0.29, 0.717) is 16.9 Å². The van der Waals surface area contributed by atoms with E-state index in [9.17, 15) is 0 Å². The number of hydrogen-bond donors (Lipinski definition) is 0. The van der Waals surface area contributed by atoms with E-state index in [4.69, 9.17) is 23.2 Å². The van der Waals surface area contributed by atoms with Gasteiger partial charge in [0.15, 0.2) is 0 Å². The Morgan fingerprint density at radius 2 is 1.89 bits per heavy atom. The fourth-order valence-corrected chi connectivity index (χ4v) is 3.50. The molecule has 1 aliphatic rings. The molecule has 0 aromatic carbocycles. The van der Waals surface area contributed by atoms with Gasteiger partial charge in [-0.25, -0.2) is 4.98 Å². The van der Waals surface area contributed by atoms with Gasteiger partial charge in [-0.3, -0.25) is 4.98 Å². The van der Waals surface area contributed by atoms with Gasteiger partial charge in [-0.1, -0.05) is 37.3 Å². The maximum absolute atomic E-state index is 6.33. The van der Waals surface area contributed by atoms with E-state index >= 15 is 0 Å². The van der Waals surface area contributed by atoms with Crippen molar-refractivity contribution in [3.05, 3.63) is 23.2 Å². The maximum atomic E-state index is 6.33. The Hall–Kier alpha value is -0.800. The van der Waals surface area contributed by atoms with Crippen molar-refractivity contribution < 1.29 is 0 Å². The standard InChI is InChI=1S/C14H17Cl2N3/c15-7-13-18-12-9-17-8-11(16)14(12)19(13)10-5-3-1-2-4-6-10/h8-10H,1-7H2. The lowest BCUT2D eigenvalue weighted by Gasteiger charge is -2.19. The van der Waals surface area contributed by atoms with Crippen molar-refractivity contribution in [3.63, 3.8) is 0 Å². The third-order valence-corrected chi connectivity index (χ3v) is 4.45. The second-order valence-electron chi connectivity index (χ2n) is 5.17. The highest BCUT2D eigenvalue weighted by Crippen LogP contribution is 2.34. The average molecular weight is 298 g/mol. The quantitative estimate of drug-likeness (QED) is 0.593. The number of nitrogens with zero attached hydrogens (tertiary/aromatic N) is 3. The maximum Gasteiger partial charge on any atom is 0.125 e. The number of rotatable bonds is 2. The van der Waals surface area contributed by atoms with Crippen LogP contribution in [0.3, 0.4) is 0 Å². The summed E-state index contributed by atoms with van der Waals surface area (Å²) < 4.78 is 2.26. The van der Waals surface area contributed by atoms with Gasteiger partial charge >= 0.3 is 0 Å². The predicted molar refractivity (Wildman–Crippen MR) is 78.8 cm³/mol. The Morgan fingerprint density at radius 1 is 1.16 bits per heavy atom. The van der Waals surface area contributed by atoms with Gasteiger partial charge in [0.05, 0.1) is 22.6 Å². The Kier molecular flexibility index (Phi) is 3.94. The van der Waals surface area contributed by atoms with Crippen molar-refractivity contribution in [1.29, 1.82) is 0 Å². The molecule has 1 saturated carbocycles. The van der Waals surface area contributed by atoms with Crippen LogP contribution in [0.25, 0.3) is 11.0 Å². The van der Waals surface area contributed by atoms with Gasteiger partial charge in [-0.2, -0.15) is 0 Å². The fourth-order valence-electron chi connectivity index (χ4n) is 3.06. The molecular weight excluding hydrogens is 281 g/mol. The molecule has 3 nitrogen and oxygen atoms in total. The summed E-state index contributed by atoms with van der Waals surface area (Å²) in [5, 5.41) is 0.672. The van der Waals surface area contributed by atoms with Gasteiger partial charge in [0.25, 0.3) is 0 Å². The normalized spacial score (nSPS) is 17.8. The minimum atomic E-state index is 0.418. The molecule has 0 aliphatic heterocycles. The smallest absolute Gasteiger partial charge is 0.125 e. The molecule has 2 heterocycles. The van der Waals surface area contributed by atoms with E-state index in [0.717, 1.165) is 16.9 Å². The summed E-state index contributed by atoms with van der Waals surface area (Å²) in [6.45, 7) is 0. The van der Waals surface area contributed by atoms with Crippen molar-refractivity contribution in [3.8, 4) is 0 Å². The van der Waals surface area contributed by atoms with Gasteiger partial charge in [0.1, 0.15) is 11.3 Å². The van der Waals surface area contributed by atoms with Crippen molar-refractivity contribution >= 4 is 34.2 Å². The van der Waals surface area contributed by atoms with E-state index in [-0.39, 0.29) is 0 Å². The summed E-state index contributed by atoms with van der Waals surface area (Å²) in [5.74, 6) is 1.33. The van der Waals surface area contributed by atoms with E-state index in [1.807, 2.05) is 0 Å². The zero-order valence-electron chi connectivity index (χ0n) is 10.8. The number of imidazole rings is 1. The molecule has 0 amide bonds. The van der Waals surface area contributed by atoms with Crippen LogP contribution in [-0.4, -0.2) is 14.5 Å². The van der Waals surface area contributed by atoms with Crippen LogP contribution in [0.2, 0.25) is 5.02 Å². The molecule has 0 saturated heterocycles. The zero-order valence-corrected chi connectivity index (χ0v) is 12.3. The van der Waals surface area contributed by atoms with Crippen LogP contribution in [-0.2, 0) is 5.88 Å². The molecule has 1 aliphatic carbocycles. The van der Waals surface area contributed by atoms with Crippen molar-refractivity contribution in [2.75, 3.05) is 0 Å². The van der Waals surface area contributed by atoms with Crippen molar-refractivity contribution in [2.24, 2.45) is 0 Å². The third-order valence-electron chi connectivity index (χ3n) is 3.93. The highest BCUT2D eigenvalue weighted by atomic mass is 35.5. The van der Waals surface area contributed by atoms with Crippen LogP contribution < -0.4 is 0 Å². The van der Waals surface area contributed by atoms with Crippen LogP contribution in [0, 0.1) is 0 Å². The first-order valence-electron chi connectivity index (χ1n) is 6.87. The molecule has 0 N–H and O–H groups in total. The van der Waals surface area contributed by atoms with Gasteiger partial charge in [-0.15, -0.1) is 11.6 Å². The molecule has 0 spiro atoms. The number of pyridine rings is 1. The highest BCUT2D eigenvalue weighted by Gasteiger charge is 2.21. The molecular formula is C14H17Cl2N3. The molecule has 19 heavy (non-hydrogen) atoms. The van der Waals surface area contributed by atoms with E-state index < -0.39 is 0 Å². The molecule has 0 unspecified atom stereocenters. The molecule has 0 bridgehead atoms. The monoisotopic (exact) mass is 297 g/mol. The summed E-state index contributed by atoms with van der Waals surface area (Å²) in [7, 11) is 0. The number of aromatic nitrogens is 3. The van der Waals surface area contributed by atoms with Crippen LogP contribution in [0.4, 0.5) is 0 Å². The van der Waals surface area contributed by atoms with Gasteiger partial charge in [0.2, 0.25) is 0 Å². The number of fused-ring (bicyclic) bond motifs is 1. The molecule has 2 aromatic rings. The van der Waals surface area contributed by atoms with Crippen molar-refractivity contribution in [1.82, 2.24) is 14.5 Å². The number of hydrogen-bond acceptors (Lipinski definition) is 2. The van der Waals surface area contributed by atoms with Crippen LogP contribution in [0.1, 0.15) is 50.4 Å². The number of alkyl halides is 1. The van der Waals surface area contributed by atoms with Crippen molar-refractivity contribution in [2.45, 2.75) is 50.4 Å². The third kappa shape index (κ3) is 2.46. The lowest BCUT2D eigenvalue weighted by atomic mass is 10.1. The van der Waals surface area contributed by atoms with E-state index in [2.05, 4.69) is 14.5 Å². The first-order valence-corrected chi connectivity index (χ1v) is 7.79. The molecule has 3 rings (SSSR count). The highest BCUT2D eigenvalue weighted by molar-refractivity contribution is 6.34. The van der Waals surface area contributed by atoms with Crippen LogP contribution in [0.15, 0.2) is 12.4 Å². The summed E-state index contributed by atoms with van der Waals surface area (Å²) >= 11 is 12.4. The van der Waals surface area contributed by atoms with Crippen LogP contribution >= 0.6 is 23.2 Å². The lowest BCUT2D eigenvalue weighted by molar-refractivity contribution is 0.444. The topological polar surface area (TPSA) is 30.7 Å². The average Bonchev–Trinajstić information content (AvgIpc) is 2.60. The van der Waals surface area contributed by atoms with Gasteiger partial charge in [0, 0.05) is 12.2 Å². The lowest BCUT2D eigenvalue weighted by Crippen LogP contribution is -2.11. The Morgan fingerprint density at radius 3 is 2.58 bits per heavy atom.